The fourth-order valence-corrected chi connectivity index (χ4v) is 3.32. The van der Waals surface area contributed by atoms with Crippen molar-refractivity contribution in [1.82, 2.24) is 0 Å². The third-order valence-corrected chi connectivity index (χ3v) is 6.00. The summed E-state index contributed by atoms with van der Waals surface area (Å²) in [6.07, 6.45) is -2.48. The molecule has 12 nitrogen and oxygen atoms in total. The SMILES string of the molecule is C=C(C)C(=O)OCC(O)COOc1cc[c-]cc1.C=C(C)C(=O)OCC(O)COc1cc[c-]cc1.OC(COc1cc[c-]cc1)COc1cc[c-]cc1.[Y].[Y]. The third-order valence-electron chi connectivity index (χ3n) is 6.00. The zero-order chi connectivity index (χ0) is 38.7. The number of aliphatic hydroxyl groups excluding tert-OH is 3. The summed E-state index contributed by atoms with van der Waals surface area (Å²) in [6, 6.07) is 39.2. The van der Waals surface area contributed by atoms with Crippen molar-refractivity contribution in [3.63, 3.8) is 0 Å². The minimum Gasteiger partial charge on any atom is -0.516 e. The van der Waals surface area contributed by atoms with Gasteiger partial charge in [-0.3, -0.25) is 0 Å². The molecule has 0 bridgehead atoms. The number of benzene rings is 4. The number of carbonyl (C=O) groups is 2. The van der Waals surface area contributed by atoms with Crippen LogP contribution in [-0.4, -0.2) is 85.2 Å². The smallest absolute Gasteiger partial charge is 0.333 e. The molecule has 290 valence electrons. The second-order valence-corrected chi connectivity index (χ2v) is 11.0. The molecule has 55 heavy (non-hydrogen) atoms. The van der Waals surface area contributed by atoms with E-state index in [1.54, 1.807) is 104 Å². The van der Waals surface area contributed by atoms with Crippen LogP contribution in [0.5, 0.6) is 23.0 Å². The fraction of sp³-hybridized carbons (Fsp3) is 0.268. The second kappa shape index (κ2) is 31.7. The van der Waals surface area contributed by atoms with Crippen molar-refractivity contribution in [1.29, 1.82) is 0 Å². The molecule has 4 aromatic carbocycles. The van der Waals surface area contributed by atoms with Crippen LogP contribution >= 0.6 is 0 Å². The van der Waals surface area contributed by atoms with Gasteiger partial charge in [-0.1, -0.05) is 13.2 Å². The van der Waals surface area contributed by atoms with Gasteiger partial charge in [0.2, 0.25) is 0 Å². The number of aliphatic hydroxyl groups is 3. The Balaban J connectivity index is 0.000000782. The Kier molecular flexibility index (Phi) is 29.7. The molecule has 0 saturated carbocycles. The molecule has 0 aliphatic carbocycles. The minimum atomic E-state index is -0.955. The van der Waals surface area contributed by atoms with E-state index in [1.165, 1.54) is 6.92 Å². The van der Waals surface area contributed by atoms with Gasteiger partial charge in [0, 0.05) is 93.8 Å². The van der Waals surface area contributed by atoms with Crippen LogP contribution in [0.2, 0.25) is 0 Å². The maximum atomic E-state index is 11.0. The molecule has 4 aromatic rings. The van der Waals surface area contributed by atoms with Gasteiger partial charge in [0.15, 0.2) is 0 Å². The molecule has 4 rings (SSSR count). The Hall–Kier alpha value is -3.45. The van der Waals surface area contributed by atoms with Gasteiger partial charge in [0.25, 0.3) is 0 Å². The summed E-state index contributed by atoms with van der Waals surface area (Å²) in [5, 5.41) is 28.6. The maximum Gasteiger partial charge on any atom is 0.333 e. The van der Waals surface area contributed by atoms with Crippen LogP contribution in [0, 0.1) is 24.3 Å². The van der Waals surface area contributed by atoms with Gasteiger partial charge in [0.1, 0.15) is 58.0 Å². The molecule has 2 unspecified atom stereocenters. The molecule has 14 heteroatoms. The van der Waals surface area contributed by atoms with E-state index >= 15 is 0 Å². The molecule has 0 spiro atoms. The quantitative estimate of drug-likeness (QED) is 0.0392. The Bertz CT molecular complexity index is 1550. The topological polar surface area (TPSA) is 159 Å². The van der Waals surface area contributed by atoms with Crippen LogP contribution in [-0.2, 0) is 89.4 Å². The standard InChI is InChI=1S/C15H14O3.C13H15O5.C13H15O4.2Y/c16-13(11-17-14-7-3-1-4-8-14)12-18-15-9-5-2-6-10-15;1-10(2)13(15)16-8-11(14)9-17-18-12-6-4-3-5-7-12;1-10(2)13(15)17-9-11(14)8-16-12-6-4-3-5-7-12;;/h3-10,13,16H,11-12H2;4-7,11,14H,1,8-9H2,2H3;4-7,11,14H,1,8-9H2,2H3;;/q-2;2*-1;;. The minimum absolute atomic E-state index is 0. The fourth-order valence-electron chi connectivity index (χ4n) is 3.32. The van der Waals surface area contributed by atoms with E-state index in [-0.39, 0.29) is 111 Å². The van der Waals surface area contributed by atoms with E-state index in [9.17, 15) is 24.9 Å². The number of hydrogen-bond donors (Lipinski definition) is 3. The molecule has 2 atom stereocenters. The van der Waals surface area contributed by atoms with Crippen molar-refractivity contribution >= 4 is 11.9 Å². The largest absolute Gasteiger partial charge is 0.516 e. The van der Waals surface area contributed by atoms with Crippen LogP contribution in [0.4, 0.5) is 0 Å². The van der Waals surface area contributed by atoms with Crippen molar-refractivity contribution in [2.75, 3.05) is 39.6 Å². The summed E-state index contributed by atoms with van der Waals surface area (Å²) in [7, 11) is 0. The molecular weight excluding hydrogens is 862 g/mol. The predicted molar refractivity (Wildman–Crippen MR) is 194 cm³/mol. The van der Waals surface area contributed by atoms with Gasteiger partial charge in [-0.25, -0.2) is 9.59 Å². The number of rotatable bonds is 19. The van der Waals surface area contributed by atoms with Gasteiger partial charge in [-0.2, -0.15) is 77.7 Å². The van der Waals surface area contributed by atoms with Crippen LogP contribution < -0.4 is 19.1 Å². The van der Waals surface area contributed by atoms with E-state index in [0.717, 1.165) is 0 Å². The van der Waals surface area contributed by atoms with Gasteiger partial charge in [0.05, 0.1) is 5.75 Å². The number of esters is 2. The van der Waals surface area contributed by atoms with Crippen LogP contribution in [0.1, 0.15) is 13.8 Å². The Morgan fingerprint density at radius 3 is 1.09 bits per heavy atom. The summed E-state index contributed by atoms with van der Waals surface area (Å²) in [4.78, 5) is 31.8. The molecule has 3 N–H and O–H groups in total. The summed E-state index contributed by atoms with van der Waals surface area (Å²) in [6.45, 7) is 10.0. The first-order valence-corrected chi connectivity index (χ1v) is 16.2. The average molecular weight is 907 g/mol. The van der Waals surface area contributed by atoms with E-state index in [2.05, 4.69) is 37.4 Å². The van der Waals surface area contributed by atoms with E-state index < -0.39 is 30.3 Å². The van der Waals surface area contributed by atoms with Crippen molar-refractivity contribution < 1.29 is 124 Å². The Morgan fingerprint density at radius 1 is 0.509 bits per heavy atom. The van der Waals surface area contributed by atoms with Gasteiger partial charge in [-0.05, 0) is 13.8 Å². The number of hydrogen-bond acceptors (Lipinski definition) is 12. The number of ether oxygens (including phenoxy) is 5. The summed E-state index contributed by atoms with van der Waals surface area (Å²) in [5.41, 5.74) is 0.580. The Morgan fingerprint density at radius 2 is 0.782 bits per heavy atom. The zero-order valence-corrected chi connectivity index (χ0v) is 36.5. The Labute approximate surface area is 373 Å². The molecule has 0 fully saturated rings. The molecule has 0 heterocycles. The van der Waals surface area contributed by atoms with E-state index in [4.69, 9.17) is 33.5 Å². The van der Waals surface area contributed by atoms with Gasteiger partial charge >= 0.3 is 11.9 Å². The third kappa shape index (κ3) is 26.1. The molecule has 2 radical (unpaired) electrons. The summed E-state index contributed by atoms with van der Waals surface area (Å²) < 4.78 is 25.6. The number of carbonyl (C=O) groups excluding carboxylic acids is 2. The first-order chi connectivity index (χ1) is 25.5. The van der Waals surface area contributed by atoms with E-state index in [0.29, 0.717) is 28.6 Å². The maximum absolute atomic E-state index is 11.0. The molecule has 0 aliphatic heterocycles. The first-order valence-electron chi connectivity index (χ1n) is 16.2. The van der Waals surface area contributed by atoms with E-state index in [1.807, 2.05) is 0 Å². The molecular formula is C41H44O12Y2-4. The molecule has 0 saturated heterocycles. The van der Waals surface area contributed by atoms with Crippen LogP contribution in [0.25, 0.3) is 0 Å². The normalized spacial score (nSPS) is 10.8. The molecule has 0 aliphatic rings. The van der Waals surface area contributed by atoms with Crippen molar-refractivity contribution in [3.05, 3.63) is 146 Å². The second-order valence-electron chi connectivity index (χ2n) is 11.0. The molecule has 0 aromatic heterocycles. The zero-order valence-electron chi connectivity index (χ0n) is 30.8. The van der Waals surface area contributed by atoms with Crippen molar-refractivity contribution in [3.8, 4) is 23.0 Å². The predicted octanol–water partition coefficient (Wildman–Crippen LogP) is 4.72. The summed E-state index contributed by atoms with van der Waals surface area (Å²) >= 11 is 0. The van der Waals surface area contributed by atoms with Crippen LogP contribution in [0.3, 0.4) is 0 Å². The monoisotopic (exact) mass is 906 g/mol. The van der Waals surface area contributed by atoms with Gasteiger partial charge in [-0.15, -0.1) is 48.5 Å². The first kappa shape index (κ1) is 51.5. The molecule has 0 amide bonds. The van der Waals surface area contributed by atoms with Crippen LogP contribution in [0.15, 0.2) is 121 Å². The van der Waals surface area contributed by atoms with Gasteiger partial charge < -0.3 is 43.9 Å². The average Bonchev–Trinajstić information content (AvgIpc) is 3.18. The van der Waals surface area contributed by atoms with Crippen molar-refractivity contribution in [2.45, 2.75) is 32.2 Å². The van der Waals surface area contributed by atoms with Crippen molar-refractivity contribution in [2.24, 2.45) is 0 Å². The summed E-state index contributed by atoms with van der Waals surface area (Å²) in [5.74, 6) is 1.49.